The number of nitrogens with one attached hydrogen (secondary N) is 1. The van der Waals surface area contributed by atoms with Gasteiger partial charge in [0.2, 0.25) is 6.79 Å². The van der Waals surface area contributed by atoms with Crippen molar-refractivity contribution < 1.29 is 9.47 Å². The van der Waals surface area contributed by atoms with Crippen LogP contribution in [0.25, 0.3) is 10.9 Å². The Kier molecular flexibility index (Phi) is 3.11. The lowest BCUT2D eigenvalue weighted by molar-refractivity contribution is 0.174. The van der Waals surface area contributed by atoms with Crippen molar-refractivity contribution in [2.45, 2.75) is 19.8 Å². The van der Waals surface area contributed by atoms with Crippen molar-refractivity contribution in [2.75, 3.05) is 20.4 Å². The van der Waals surface area contributed by atoms with Crippen LogP contribution >= 0.6 is 0 Å². The quantitative estimate of drug-likeness (QED) is 0.857. The van der Waals surface area contributed by atoms with E-state index in [2.05, 4.69) is 36.0 Å². The molecule has 0 fully saturated rings. The SMILES string of the molecule is CNCCCc1c(C)n(C)c2cc3c(cc12)OCO3. The standard InChI is InChI=1S/C15H20N2O2/c1-10-11(5-4-6-16-2)12-7-14-15(19-9-18-14)8-13(12)17(10)3/h7-8,16H,4-6,9H2,1-3H3. The lowest BCUT2D eigenvalue weighted by atomic mass is 10.1. The minimum Gasteiger partial charge on any atom is -0.454 e. The zero-order valence-electron chi connectivity index (χ0n) is 11.7. The summed E-state index contributed by atoms with van der Waals surface area (Å²) in [7, 11) is 4.11. The minimum absolute atomic E-state index is 0.333. The molecule has 0 saturated carbocycles. The third-order valence-electron chi connectivity index (χ3n) is 3.97. The Morgan fingerprint density at radius 3 is 2.74 bits per heavy atom. The van der Waals surface area contributed by atoms with Crippen LogP contribution in [0.5, 0.6) is 11.5 Å². The van der Waals surface area contributed by atoms with Crippen LogP contribution in [-0.2, 0) is 13.5 Å². The summed E-state index contributed by atoms with van der Waals surface area (Å²) >= 11 is 0. The van der Waals surface area contributed by atoms with E-state index in [1.807, 2.05) is 7.05 Å². The van der Waals surface area contributed by atoms with E-state index in [1.165, 1.54) is 22.2 Å². The fourth-order valence-corrected chi connectivity index (χ4v) is 2.79. The lowest BCUT2D eigenvalue weighted by Crippen LogP contribution is -2.08. The third-order valence-corrected chi connectivity index (χ3v) is 3.97. The Balaban J connectivity index is 2.07. The second-order valence-corrected chi connectivity index (χ2v) is 5.05. The zero-order valence-corrected chi connectivity index (χ0v) is 11.7. The average Bonchev–Trinajstić information content (AvgIpc) is 2.95. The van der Waals surface area contributed by atoms with E-state index in [4.69, 9.17) is 9.47 Å². The van der Waals surface area contributed by atoms with Crippen molar-refractivity contribution in [1.82, 2.24) is 9.88 Å². The zero-order chi connectivity index (χ0) is 13.4. The van der Waals surface area contributed by atoms with Crippen LogP contribution in [0, 0.1) is 6.92 Å². The molecule has 1 aliphatic rings. The van der Waals surface area contributed by atoms with Gasteiger partial charge in [-0.2, -0.15) is 0 Å². The van der Waals surface area contributed by atoms with E-state index in [1.54, 1.807) is 0 Å². The van der Waals surface area contributed by atoms with E-state index >= 15 is 0 Å². The Hall–Kier alpha value is -1.68. The van der Waals surface area contributed by atoms with E-state index in [9.17, 15) is 0 Å². The van der Waals surface area contributed by atoms with Crippen LogP contribution < -0.4 is 14.8 Å². The molecule has 1 N–H and O–H groups in total. The van der Waals surface area contributed by atoms with Crippen molar-refractivity contribution in [3.63, 3.8) is 0 Å². The fraction of sp³-hybridized carbons (Fsp3) is 0.467. The number of nitrogens with zero attached hydrogens (tertiary/aromatic N) is 1. The molecule has 102 valence electrons. The molecular weight excluding hydrogens is 240 g/mol. The normalized spacial score (nSPS) is 13.4. The number of hydrogen-bond donors (Lipinski definition) is 1. The Bertz CT molecular complexity index is 616. The van der Waals surface area contributed by atoms with Gasteiger partial charge in [0.15, 0.2) is 11.5 Å². The summed E-state index contributed by atoms with van der Waals surface area (Å²) in [6, 6.07) is 4.21. The van der Waals surface area contributed by atoms with Gasteiger partial charge in [-0.15, -0.1) is 0 Å². The molecule has 4 nitrogen and oxygen atoms in total. The van der Waals surface area contributed by atoms with Gasteiger partial charge in [0.1, 0.15) is 0 Å². The van der Waals surface area contributed by atoms with Crippen molar-refractivity contribution in [3.05, 3.63) is 23.4 Å². The summed E-state index contributed by atoms with van der Waals surface area (Å²) in [6.45, 7) is 3.56. The number of aromatic nitrogens is 1. The third kappa shape index (κ3) is 1.96. The molecule has 0 bridgehead atoms. The van der Waals surface area contributed by atoms with Crippen LogP contribution in [0.15, 0.2) is 12.1 Å². The van der Waals surface area contributed by atoms with Crippen LogP contribution in [-0.4, -0.2) is 25.0 Å². The average molecular weight is 260 g/mol. The Morgan fingerprint density at radius 1 is 1.26 bits per heavy atom. The highest BCUT2D eigenvalue weighted by Crippen LogP contribution is 2.39. The van der Waals surface area contributed by atoms with Gasteiger partial charge in [-0.05, 0) is 45.0 Å². The predicted molar refractivity (Wildman–Crippen MR) is 76.0 cm³/mol. The number of rotatable bonds is 4. The number of ether oxygens (including phenoxy) is 2. The van der Waals surface area contributed by atoms with Crippen LogP contribution in [0.2, 0.25) is 0 Å². The highest BCUT2D eigenvalue weighted by molar-refractivity contribution is 5.89. The van der Waals surface area contributed by atoms with Gasteiger partial charge in [-0.1, -0.05) is 0 Å². The minimum atomic E-state index is 0.333. The monoisotopic (exact) mass is 260 g/mol. The van der Waals surface area contributed by atoms with Crippen molar-refractivity contribution in [3.8, 4) is 11.5 Å². The van der Waals surface area contributed by atoms with Gasteiger partial charge in [-0.3, -0.25) is 0 Å². The molecule has 0 saturated heterocycles. The van der Waals surface area contributed by atoms with Gasteiger partial charge < -0.3 is 19.4 Å². The molecule has 4 heteroatoms. The molecular formula is C15H20N2O2. The van der Waals surface area contributed by atoms with E-state index in [0.717, 1.165) is 30.9 Å². The molecule has 0 unspecified atom stereocenters. The first-order valence-electron chi connectivity index (χ1n) is 6.74. The first kappa shape index (κ1) is 12.4. The summed E-state index contributed by atoms with van der Waals surface area (Å²) in [6.07, 6.45) is 2.23. The van der Waals surface area contributed by atoms with Crippen molar-refractivity contribution in [1.29, 1.82) is 0 Å². The maximum Gasteiger partial charge on any atom is 0.231 e. The summed E-state index contributed by atoms with van der Waals surface area (Å²) in [5.74, 6) is 1.72. The molecule has 1 aromatic heterocycles. The second kappa shape index (κ2) is 4.78. The summed E-state index contributed by atoms with van der Waals surface area (Å²) < 4.78 is 13.2. The summed E-state index contributed by atoms with van der Waals surface area (Å²) in [5.41, 5.74) is 3.97. The summed E-state index contributed by atoms with van der Waals surface area (Å²) in [4.78, 5) is 0. The van der Waals surface area contributed by atoms with E-state index < -0.39 is 0 Å². The Labute approximate surface area is 113 Å². The van der Waals surface area contributed by atoms with Crippen molar-refractivity contribution in [2.24, 2.45) is 7.05 Å². The first-order chi connectivity index (χ1) is 9.22. The Morgan fingerprint density at radius 2 is 2.00 bits per heavy atom. The lowest BCUT2D eigenvalue weighted by Gasteiger charge is -2.02. The molecule has 2 aromatic rings. The first-order valence-corrected chi connectivity index (χ1v) is 6.74. The molecule has 0 aliphatic carbocycles. The molecule has 0 atom stereocenters. The van der Waals surface area contributed by atoms with Gasteiger partial charge in [0, 0.05) is 24.2 Å². The number of fused-ring (bicyclic) bond motifs is 2. The second-order valence-electron chi connectivity index (χ2n) is 5.05. The summed E-state index contributed by atoms with van der Waals surface area (Å²) in [5, 5.41) is 4.49. The number of aryl methyl sites for hydroxylation is 2. The molecule has 2 heterocycles. The highest BCUT2D eigenvalue weighted by atomic mass is 16.7. The topological polar surface area (TPSA) is 35.4 Å². The van der Waals surface area contributed by atoms with Crippen LogP contribution in [0.4, 0.5) is 0 Å². The number of benzene rings is 1. The smallest absolute Gasteiger partial charge is 0.231 e. The molecule has 0 spiro atoms. The fourth-order valence-electron chi connectivity index (χ4n) is 2.79. The van der Waals surface area contributed by atoms with Gasteiger partial charge >= 0.3 is 0 Å². The predicted octanol–water partition coefficient (Wildman–Crippen LogP) is 2.37. The van der Waals surface area contributed by atoms with Gasteiger partial charge in [0.05, 0.1) is 5.52 Å². The largest absolute Gasteiger partial charge is 0.454 e. The highest BCUT2D eigenvalue weighted by Gasteiger charge is 2.19. The molecule has 19 heavy (non-hydrogen) atoms. The molecule has 1 aromatic carbocycles. The number of hydrogen-bond acceptors (Lipinski definition) is 3. The van der Waals surface area contributed by atoms with Crippen molar-refractivity contribution >= 4 is 10.9 Å². The van der Waals surface area contributed by atoms with Crippen LogP contribution in [0.1, 0.15) is 17.7 Å². The molecule has 0 radical (unpaired) electrons. The molecule has 0 amide bonds. The van der Waals surface area contributed by atoms with Gasteiger partial charge in [0.25, 0.3) is 0 Å². The molecule has 3 rings (SSSR count). The molecule has 1 aliphatic heterocycles. The van der Waals surface area contributed by atoms with E-state index in [-0.39, 0.29) is 0 Å². The van der Waals surface area contributed by atoms with Crippen LogP contribution in [0.3, 0.4) is 0 Å². The van der Waals surface area contributed by atoms with E-state index in [0.29, 0.717) is 6.79 Å². The van der Waals surface area contributed by atoms with Gasteiger partial charge in [-0.25, -0.2) is 0 Å². The maximum absolute atomic E-state index is 5.49. The maximum atomic E-state index is 5.49.